The number of aromatic nitrogens is 2. The number of fused-ring (bicyclic) bond motifs is 1. The van der Waals surface area contributed by atoms with Crippen molar-refractivity contribution < 1.29 is 9.47 Å². The lowest BCUT2D eigenvalue weighted by atomic mass is 10.3. The van der Waals surface area contributed by atoms with E-state index in [1.165, 1.54) is 11.3 Å². The zero-order valence-corrected chi connectivity index (χ0v) is 13.1. The molecule has 0 radical (unpaired) electrons. The van der Waals surface area contributed by atoms with Gasteiger partial charge in [-0.05, 0) is 12.1 Å². The Bertz CT molecular complexity index is 786. The molecule has 4 nitrogen and oxygen atoms in total. The zero-order chi connectivity index (χ0) is 14.2. The molecule has 1 aliphatic rings. The van der Waals surface area contributed by atoms with Gasteiger partial charge in [0.2, 0.25) is 0 Å². The second-order valence-electron chi connectivity index (χ2n) is 4.34. The Balaban J connectivity index is 1.77. The summed E-state index contributed by atoms with van der Waals surface area (Å²) < 4.78 is 11.9. The molecule has 0 saturated heterocycles. The van der Waals surface area contributed by atoms with Gasteiger partial charge >= 0.3 is 0 Å². The molecule has 106 valence electrons. The number of thiazole rings is 1. The van der Waals surface area contributed by atoms with E-state index in [0.717, 1.165) is 21.1 Å². The van der Waals surface area contributed by atoms with E-state index in [-0.39, 0.29) is 0 Å². The van der Waals surface area contributed by atoms with E-state index in [4.69, 9.17) is 21.1 Å². The molecule has 3 aromatic rings. The lowest BCUT2D eigenvalue weighted by Gasteiger charge is -2.15. The molecule has 4 rings (SSSR count). The van der Waals surface area contributed by atoms with Crippen molar-refractivity contribution in [3.63, 3.8) is 0 Å². The van der Waals surface area contributed by atoms with E-state index >= 15 is 0 Å². The number of halogens is 1. The molecular formula is C14H9ClN2O2S2. The van der Waals surface area contributed by atoms with E-state index in [1.807, 2.05) is 17.5 Å². The first-order valence-electron chi connectivity index (χ1n) is 6.27. The number of rotatable bonds is 2. The van der Waals surface area contributed by atoms with Crippen molar-refractivity contribution in [1.29, 1.82) is 0 Å². The number of ether oxygens (including phenoxy) is 2. The van der Waals surface area contributed by atoms with Crippen LogP contribution in [0.3, 0.4) is 0 Å². The first kappa shape index (κ1) is 13.1. The molecule has 0 aliphatic carbocycles. The molecule has 0 fully saturated rings. The molecule has 3 aromatic heterocycles. The Hall–Kier alpha value is -1.63. The van der Waals surface area contributed by atoms with Crippen LogP contribution in [-0.4, -0.2) is 23.2 Å². The van der Waals surface area contributed by atoms with E-state index < -0.39 is 0 Å². The molecule has 0 saturated carbocycles. The number of pyridine rings is 1. The Morgan fingerprint density at radius 1 is 1.19 bits per heavy atom. The highest BCUT2D eigenvalue weighted by atomic mass is 35.5. The third kappa shape index (κ3) is 2.29. The van der Waals surface area contributed by atoms with Gasteiger partial charge < -0.3 is 9.47 Å². The first-order chi connectivity index (χ1) is 10.3. The minimum absolute atomic E-state index is 0.529. The smallest absolute Gasteiger partial charge is 0.191 e. The summed E-state index contributed by atoms with van der Waals surface area (Å²) in [6.45, 7) is 1.06. The highest BCUT2D eigenvalue weighted by Crippen LogP contribution is 2.51. The maximum Gasteiger partial charge on any atom is 0.191 e. The van der Waals surface area contributed by atoms with Crippen molar-refractivity contribution >= 4 is 34.3 Å². The number of thiophene rings is 1. The summed E-state index contributed by atoms with van der Waals surface area (Å²) in [6, 6.07) is 3.89. The largest absolute Gasteiger partial charge is 0.484 e. The van der Waals surface area contributed by atoms with Crippen molar-refractivity contribution in [2.45, 2.75) is 0 Å². The molecule has 21 heavy (non-hydrogen) atoms. The first-order valence-corrected chi connectivity index (χ1v) is 8.34. The van der Waals surface area contributed by atoms with Gasteiger partial charge in [0, 0.05) is 23.3 Å². The van der Waals surface area contributed by atoms with Gasteiger partial charge in [-0.2, -0.15) is 0 Å². The highest BCUT2D eigenvalue weighted by Gasteiger charge is 2.25. The number of hydrogen-bond donors (Lipinski definition) is 0. The van der Waals surface area contributed by atoms with Gasteiger partial charge in [0.25, 0.3) is 0 Å². The predicted molar refractivity (Wildman–Crippen MR) is 84.7 cm³/mol. The normalized spacial score (nSPS) is 13.4. The molecule has 0 atom stereocenters. The van der Waals surface area contributed by atoms with Gasteiger partial charge in [0.05, 0.1) is 5.69 Å². The lowest BCUT2D eigenvalue weighted by Crippen LogP contribution is -2.14. The molecule has 7 heteroatoms. The number of hydrogen-bond acceptors (Lipinski definition) is 6. The monoisotopic (exact) mass is 336 g/mol. The summed E-state index contributed by atoms with van der Waals surface area (Å²) in [6.07, 6.45) is 3.55. The summed E-state index contributed by atoms with van der Waals surface area (Å²) in [5.41, 5.74) is 1.86. The topological polar surface area (TPSA) is 44.2 Å². The van der Waals surface area contributed by atoms with Gasteiger partial charge in [-0.25, -0.2) is 4.98 Å². The van der Waals surface area contributed by atoms with Gasteiger partial charge in [-0.3, -0.25) is 4.98 Å². The maximum absolute atomic E-state index is 6.22. The number of nitrogens with zero attached hydrogens (tertiary/aromatic N) is 2. The zero-order valence-electron chi connectivity index (χ0n) is 10.7. The van der Waals surface area contributed by atoms with E-state index in [0.29, 0.717) is 29.0 Å². The second-order valence-corrected chi connectivity index (χ2v) is 6.82. The standard InChI is InChI=1S/C14H9ClN2O2S2/c15-13-11-10(18-4-5-19-11)12(21-13)9-7-20-14(17-9)8-2-1-3-16-6-8/h1-3,6-7H,4-5H2. The average molecular weight is 337 g/mol. The van der Waals surface area contributed by atoms with Gasteiger partial charge in [0.15, 0.2) is 11.5 Å². The van der Waals surface area contributed by atoms with Crippen LogP contribution >= 0.6 is 34.3 Å². The summed E-state index contributed by atoms with van der Waals surface area (Å²) in [5.74, 6) is 1.35. The molecule has 0 N–H and O–H groups in total. The minimum Gasteiger partial charge on any atom is -0.484 e. The minimum atomic E-state index is 0.529. The van der Waals surface area contributed by atoms with Crippen molar-refractivity contribution in [2.75, 3.05) is 13.2 Å². The Morgan fingerprint density at radius 2 is 2.05 bits per heavy atom. The van der Waals surface area contributed by atoms with Crippen LogP contribution in [0.25, 0.3) is 21.1 Å². The van der Waals surface area contributed by atoms with Gasteiger partial charge in [-0.15, -0.1) is 22.7 Å². The van der Waals surface area contributed by atoms with E-state index in [2.05, 4.69) is 9.97 Å². The summed E-state index contributed by atoms with van der Waals surface area (Å²) in [7, 11) is 0. The van der Waals surface area contributed by atoms with Crippen LogP contribution in [0, 0.1) is 0 Å². The second kappa shape index (κ2) is 5.29. The Kier molecular flexibility index (Phi) is 3.29. The third-order valence-electron chi connectivity index (χ3n) is 3.00. The third-order valence-corrected chi connectivity index (χ3v) is 5.26. The molecule has 0 aromatic carbocycles. The molecule has 0 bridgehead atoms. The molecular weight excluding hydrogens is 328 g/mol. The fourth-order valence-electron chi connectivity index (χ4n) is 2.08. The van der Waals surface area contributed by atoms with Crippen LogP contribution in [0.5, 0.6) is 11.5 Å². The predicted octanol–water partition coefficient (Wildman–Crippen LogP) is 4.36. The van der Waals surface area contributed by atoms with Crippen molar-refractivity contribution in [3.8, 4) is 32.6 Å². The fourth-order valence-corrected chi connectivity index (χ4v) is 4.21. The van der Waals surface area contributed by atoms with E-state index in [9.17, 15) is 0 Å². The fraction of sp³-hybridized carbons (Fsp3) is 0.143. The van der Waals surface area contributed by atoms with E-state index in [1.54, 1.807) is 23.7 Å². The van der Waals surface area contributed by atoms with Crippen LogP contribution in [-0.2, 0) is 0 Å². The SMILES string of the molecule is Clc1sc(-c2csc(-c3cccnc3)n2)c2c1OCCO2. The molecule has 1 aliphatic heterocycles. The molecule has 0 spiro atoms. The van der Waals surface area contributed by atoms with Crippen LogP contribution < -0.4 is 9.47 Å². The quantitative estimate of drug-likeness (QED) is 0.697. The van der Waals surface area contributed by atoms with Crippen molar-refractivity contribution in [1.82, 2.24) is 9.97 Å². The summed E-state index contributed by atoms with van der Waals surface area (Å²) in [4.78, 5) is 9.71. The van der Waals surface area contributed by atoms with Crippen LogP contribution in [0.4, 0.5) is 0 Å². The Morgan fingerprint density at radius 3 is 2.86 bits per heavy atom. The van der Waals surface area contributed by atoms with Gasteiger partial charge in [0.1, 0.15) is 27.4 Å². The summed E-state index contributed by atoms with van der Waals surface area (Å²) in [5, 5.41) is 2.93. The molecule has 4 heterocycles. The highest BCUT2D eigenvalue weighted by molar-refractivity contribution is 7.20. The van der Waals surface area contributed by atoms with Crippen molar-refractivity contribution in [2.24, 2.45) is 0 Å². The van der Waals surface area contributed by atoms with Crippen LogP contribution in [0.15, 0.2) is 29.9 Å². The van der Waals surface area contributed by atoms with Crippen LogP contribution in [0.2, 0.25) is 4.34 Å². The van der Waals surface area contributed by atoms with Crippen LogP contribution in [0.1, 0.15) is 0 Å². The summed E-state index contributed by atoms with van der Waals surface area (Å²) >= 11 is 9.22. The molecule has 0 amide bonds. The Labute approximate surface area is 134 Å². The lowest BCUT2D eigenvalue weighted by molar-refractivity contribution is 0.174. The van der Waals surface area contributed by atoms with Gasteiger partial charge in [-0.1, -0.05) is 11.6 Å². The molecule has 0 unspecified atom stereocenters. The van der Waals surface area contributed by atoms with Crippen molar-refractivity contribution in [3.05, 3.63) is 34.2 Å². The maximum atomic E-state index is 6.22. The average Bonchev–Trinajstić information content (AvgIpc) is 3.14.